The largest absolute Gasteiger partial charge is 0.480 e. The summed E-state index contributed by atoms with van der Waals surface area (Å²) >= 11 is 1.42. The second kappa shape index (κ2) is 7.44. The van der Waals surface area contributed by atoms with Gasteiger partial charge in [0.25, 0.3) is 0 Å². The molecule has 0 radical (unpaired) electrons. The van der Waals surface area contributed by atoms with Gasteiger partial charge in [-0.05, 0) is 37.6 Å². The summed E-state index contributed by atoms with van der Waals surface area (Å²) in [6.07, 6.45) is 0.632. The maximum Gasteiger partial charge on any atom is 0.316 e. The highest BCUT2D eigenvalue weighted by molar-refractivity contribution is 8.00. The van der Waals surface area contributed by atoms with Gasteiger partial charge in [-0.3, -0.25) is 4.79 Å². The summed E-state index contributed by atoms with van der Waals surface area (Å²) in [4.78, 5) is 12.0. The summed E-state index contributed by atoms with van der Waals surface area (Å²) in [6.45, 7) is 7.01. The molecule has 2 atom stereocenters. The molecule has 0 fully saturated rings. The number of aliphatic carboxylic acids is 1. The summed E-state index contributed by atoms with van der Waals surface area (Å²) in [6, 6.07) is 8.39. The highest BCUT2D eigenvalue weighted by atomic mass is 32.2. The number of hydrogen-bond donors (Lipinski definition) is 2. The third-order valence-electron chi connectivity index (χ3n) is 2.79. The number of rotatable bonds is 7. The smallest absolute Gasteiger partial charge is 0.316 e. The molecule has 0 heterocycles. The van der Waals surface area contributed by atoms with Crippen LogP contribution in [0.1, 0.15) is 38.8 Å². The SMILES string of the molecule is CCNC(C)c1cccc(SC(CC)C(=O)O)c1. The molecule has 4 heteroatoms. The second-order valence-electron chi connectivity index (χ2n) is 4.20. The lowest BCUT2D eigenvalue weighted by atomic mass is 10.1. The first-order chi connectivity index (χ1) is 8.58. The molecule has 0 aliphatic heterocycles. The first kappa shape index (κ1) is 15.1. The van der Waals surface area contributed by atoms with E-state index >= 15 is 0 Å². The van der Waals surface area contributed by atoms with Gasteiger partial charge in [0, 0.05) is 10.9 Å². The maximum atomic E-state index is 11.0. The highest BCUT2D eigenvalue weighted by Crippen LogP contribution is 2.27. The molecule has 2 unspecified atom stereocenters. The van der Waals surface area contributed by atoms with Crippen LogP contribution in [0.4, 0.5) is 0 Å². The Balaban J connectivity index is 2.78. The second-order valence-corrected chi connectivity index (χ2v) is 5.48. The third-order valence-corrected chi connectivity index (χ3v) is 4.14. The Labute approximate surface area is 113 Å². The predicted octanol–water partition coefficient (Wildman–Crippen LogP) is 3.31. The quantitative estimate of drug-likeness (QED) is 0.744. The van der Waals surface area contributed by atoms with Crippen LogP contribution in [0.25, 0.3) is 0 Å². The van der Waals surface area contributed by atoms with Crippen molar-refractivity contribution in [2.45, 2.75) is 43.4 Å². The normalized spacial score (nSPS) is 14.2. The van der Waals surface area contributed by atoms with Crippen molar-refractivity contribution >= 4 is 17.7 Å². The van der Waals surface area contributed by atoms with Gasteiger partial charge < -0.3 is 10.4 Å². The summed E-state index contributed by atoms with van der Waals surface area (Å²) in [7, 11) is 0. The van der Waals surface area contributed by atoms with Gasteiger partial charge in [0.05, 0.1) is 0 Å². The zero-order valence-electron chi connectivity index (χ0n) is 11.1. The predicted molar refractivity (Wildman–Crippen MR) is 76.1 cm³/mol. The lowest BCUT2D eigenvalue weighted by Crippen LogP contribution is -2.18. The Morgan fingerprint density at radius 1 is 1.44 bits per heavy atom. The van der Waals surface area contributed by atoms with Gasteiger partial charge in [-0.25, -0.2) is 0 Å². The molecule has 100 valence electrons. The van der Waals surface area contributed by atoms with Crippen molar-refractivity contribution in [1.29, 1.82) is 0 Å². The van der Waals surface area contributed by atoms with Crippen LogP contribution in [0, 0.1) is 0 Å². The number of hydrogen-bond acceptors (Lipinski definition) is 3. The number of benzene rings is 1. The summed E-state index contributed by atoms with van der Waals surface area (Å²) in [5.74, 6) is -0.743. The fourth-order valence-corrected chi connectivity index (χ4v) is 2.71. The highest BCUT2D eigenvalue weighted by Gasteiger charge is 2.16. The molecule has 1 aromatic carbocycles. The molecule has 0 aliphatic carbocycles. The molecule has 0 bridgehead atoms. The lowest BCUT2D eigenvalue weighted by Gasteiger charge is -2.15. The van der Waals surface area contributed by atoms with E-state index in [-0.39, 0.29) is 5.25 Å². The molecular formula is C14H21NO2S. The average molecular weight is 267 g/mol. The number of carbonyl (C=O) groups is 1. The van der Waals surface area contributed by atoms with E-state index in [1.165, 1.54) is 17.3 Å². The molecule has 0 amide bonds. The molecule has 18 heavy (non-hydrogen) atoms. The number of carboxylic acid groups (broad SMARTS) is 1. The zero-order chi connectivity index (χ0) is 13.5. The molecule has 3 nitrogen and oxygen atoms in total. The van der Waals surface area contributed by atoms with Crippen LogP contribution in [0.15, 0.2) is 29.2 Å². The monoisotopic (exact) mass is 267 g/mol. The molecular weight excluding hydrogens is 246 g/mol. The van der Waals surface area contributed by atoms with Gasteiger partial charge in [0.2, 0.25) is 0 Å². The summed E-state index contributed by atoms with van der Waals surface area (Å²) in [5, 5.41) is 12.1. The van der Waals surface area contributed by atoms with Gasteiger partial charge in [-0.1, -0.05) is 26.0 Å². The molecule has 0 aromatic heterocycles. The minimum absolute atomic E-state index is 0.292. The van der Waals surface area contributed by atoms with Crippen molar-refractivity contribution in [2.24, 2.45) is 0 Å². The maximum absolute atomic E-state index is 11.0. The first-order valence-electron chi connectivity index (χ1n) is 6.31. The van der Waals surface area contributed by atoms with Crippen LogP contribution in [-0.2, 0) is 4.79 Å². The van der Waals surface area contributed by atoms with Crippen molar-refractivity contribution in [2.75, 3.05) is 6.54 Å². The summed E-state index contributed by atoms with van der Waals surface area (Å²) < 4.78 is 0. The van der Waals surface area contributed by atoms with Gasteiger partial charge >= 0.3 is 5.97 Å². The van der Waals surface area contributed by atoms with Gasteiger partial charge in [0.15, 0.2) is 0 Å². The fraction of sp³-hybridized carbons (Fsp3) is 0.500. The molecule has 0 saturated carbocycles. The van der Waals surface area contributed by atoms with E-state index < -0.39 is 5.97 Å². The van der Waals surface area contributed by atoms with E-state index in [1.54, 1.807) is 0 Å². The Hall–Kier alpha value is -1.00. The molecule has 1 aromatic rings. The van der Waals surface area contributed by atoms with Crippen LogP contribution in [0.5, 0.6) is 0 Å². The molecule has 1 rings (SSSR count). The van der Waals surface area contributed by atoms with E-state index in [0.29, 0.717) is 12.5 Å². The Morgan fingerprint density at radius 3 is 2.72 bits per heavy atom. The van der Waals surface area contributed by atoms with Crippen molar-refractivity contribution < 1.29 is 9.90 Å². The minimum atomic E-state index is -0.743. The van der Waals surface area contributed by atoms with Crippen LogP contribution >= 0.6 is 11.8 Å². The Bertz CT molecular complexity index is 395. The van der Waals surface area contributed by atoms with Gasteiger partial charge in [-0.2, -0.15) is 0 Å². The lowest BCUT2D eigenvalue weighted by molar-refractivity contribution is -0.136. The minimum Gasteiger partial charge on any atom is -0.480 e. The van der Waals surface area contributed by atoms with Gasteiger partial charge in [0.1, 0.15) is 5.25 Å². The summed E-state index contributed by atoms with van der Waals surface area (Å²) in [5.41, 5.74) is 1.20. The number of carboxylic acids is 1. The molecule has 0 spiro atoms. The number of thioether (sulfide) groups is 1. The first-order valence-corrected chi connectivity index (χ1v) is 7.19. The van der Waals surface area contributed by atoms with Gasteiger partial charge in [-0.15, -0.1) is 11.8 Å². The van der Waals surface area contributed by atoms with E-state index in [2.05, 4.69) is 31.3 Å². The van der Waals surface area contributed by atoms with Crippen LogP contribution in [0.3, 0.4) is 0 Å². The van der Waals surface area contributed by atoms with E-state index in [0.717, 1.165) is 11.4 Å². The van der Waals surface area contributed by atoms with E-state index in [9.17, 15) is 4.79 Å². The molecule has 0 aliphatic rings. The van der Waals surface area contributed by atoms with Crippen LogP contribution in [0.2, 0.25) is 0 Å². The molecule has 2 N–H and O–H groups in total. The van der Waals surface area contributed by atoms with Crippen molar-refractivity contribution in [3.63, 3.8) is 0 Å². The van der Waals surface area contributed by atoms with Crippen LogP contribution in [-0.4, -0.2) is 22.9 Å². The fourth-order valence-electron chi connectivity index (χ4n) is 1.75. The Morgan fingerprint density at radius 2 is 2.17 bits per heavy atom. The van der Waals surface area contributed by atoms with Crippen molar-refractivity contribution in [3.05, 3.63) is 29.8 Å². The standard InChI is InChI=1S/C14H21NO2S/c1-4-13(14(16)17)18-12-8-6-7-11(9-12)10(3)15-5-2/h6-10,13,15H,4-5H2,1-3H3,(H,16,17). The topological polar surface area (TPSA) is 49.3 Å². The Kier molecular flexibility index (Phi) is 6.22. The third kappa shape index (κ3) is 4.35. The zero-order valence-corrected chi connectivity index (χ0v) is 12.0. The van der Waals surface area contributed by atoms with Crippen LogP contribution < -0.4 is 5.32 Å². The molecule has 0 saturated heterocycles. The van der Waals surface area contributed by atoms with Crippen molar-refractivity contribution in [1.82, 2.24) is 5.32 Å². The van der Waals surface area contributed by atoms with Crippen molar-refractivity contribution in [3.8, 4) is 0 Å². The van der Waals surface area contributed by atoms with E-state index in [4.69, 9.17) is 5.11 Å². The average Bonchev–Trinajstić information content (AvgIpc) is 2.36. The number of nitrogens with one attached hydrogen (secondary N) is 1. The van der Waals surface area contributed by atoms with E-state index in [1.807, 2.05) is 19.1 Å².